The largest absolute Gasteiger partial charge is 0.388 e. The fourth-order valence-corrected chi connectivity index (χ4v) is 4.14. The highest BCUT2D eigenvalue weighted by atomic mass is 19.1. The zero-order valence-corrected chi connectivity index (χ0v) is 15.9. The fraction of sp³-hybridized carbons (Fsp3) is 0.409. The molecule has 0 spiro atoms. The number of nitrogens with one attached hydrogen (secondary N) is 1. The SMILES string of the molecule is C[C@@]1(C(=O)N2CCc3ccccc3[C@@H]2c2ccc(F)cc2)OCCNC[C@H]1O. The molecule has 28 heavy (non-hydrogen) atoms. The Labute approximate surface area is 164 Å². The molecule has 0 bridgehead atoms. The molecule has 3 atom stereocenters. The molecule has 0 radical (unpaired) electrons. The Bertz CT molecular complexity index is 857. The van der Waals surface area contributed by atoms with E-state index >= 15 is 0 Å². The summed E-state index contributed by atoms with van der Waals surface area (Å²) in [5, 5.41) is 13.7. The van der Waals surface area contributed by atoms with Crippen molar-refractivity contribution in [3.63, 3.8) is 0 Å². The molecule has 1 saturated heterocycles. The molecule has 2 N–H and O–H groups in total. The Hall–Kier alpha value is -2.28. The van der Waals surface area contributed by atoms with E-state index in [0.717, 1.165) is 17.5 Å². The van der Waals surface area contributed by atoms with Gasteiger partial charge in [-0.2, -0.15) is 0 Å². The van der Waals surface area contributed by atoms with Crippen LogP contribution in [-0.2, 0) is 16.0 Å². The van der Waals surface area contributed by atoms with E-state index in [9.17, 15) is 14.3 Å². The monoisotopic (exact) mass is 384 g/mol. The van der Waals surface area contributed by atoms with Gasteiger partial charge in [-0.25, -0.2) is 4.39 Å². The van der Waals surface area contributed by atoms with Crippen LogP contribution >= 0.6 is 0 Å². The number of amides is 1. The van der Waals surface area contributed by atoms with E-state index in [4.69, 9.17) is 4.74 Å². The van der Waals surface area contributed by atoms with Crippen molar-refractivity contribution < 1.29 is 19.0 Å². The molecule has 2 aromatic carbocycles. The van der Waals surface area contributed by atoms with Crippen LogP contribution in [0.25, 0.3) is 0 Å². The van der Waals surface area contributed by atoms with E-state index < -0.39 is 11.7 Å². The number of hydrogen-bond acceptors (Lipinski definition) is 4. The maximum absolute atomic E-state index is 13.6. The number of carbonyl (C=O) groups is 1. The first kappa shape index (κ1) is 19.1. The topological polar surface area (TPSA) is 61.8 Å². The number of aliphatic hydroxyl groups is 1. The molecule has 2 aliphatic rings. The quantitative estimate of drug-likeness (QED) is 0.832. The molecule has 0 aromatic heterocycles. The van der Waals surface area contributed by atoms with E-state index in [1.807, 2.05) is 18.2 Å². The van der Waals surface area contributed by atoms with Gasteiger partial charge in [-0.3, -0.25) is 4.79 Å². The van der Waals surface area contributed by atoms with Crippen molar-refractivity contribution in [2.45, 2.75) is 31.1 Å². The van der Waals surface area contributed by atoms with Crippen LogP contribution in [0.5, 0.6) is 0 Å². The minimum Gasteiger partial charge on any atom is -0.388 e. The highest BCUT2D eigenvalue weighted by Crippen LogP contribution is 2.37. The van der Waals surface area contributed by atoms with Gasteiger partial charge < -0.3 is 20.1 Å². The zero-order valence-electron chi connectivity index (χ0n) is 15.9. The van der Waals surface area contributed by atoms with Crippen LogP contribution in [0, 0.1) is 5.82 Å². The summed E-state index contributed by atoms with van der Waals surface area (Å²) in [6, 6.07) is 13.9. The van der Waals surface area contributed by atoms with Crippen molar-refractivity contribution in [3.05, 3.63) is 71.0 Å². The van der Waals surface area contributed by atoms with Gasteiger partial charge in [0.05, 0.1) is 12.6 Å². The number of β-amino-alcohol motifs (C(OH)–C–C–N with tert-alkyl or cyclic N) is 1. The maximum Gasteiger partial charge on any atom is 0.258 e. The second kappa shape index (κ2) is 7.62. The minimum absolute atomic E-state index is 0.243. The molecule has 0 unspecified atom stereocenters. The molecule has 6 heteroatoms. The lowest BCUT2D eigenvalue weighted by atomic mass is 9.86. The summed E-state index contributed by atoms with van der Waals surface area (Å²) in [7, 11) is 0. The summed E-state index contributed by atoms with van der Waals surface area (Å²) in [6.07, 6.45) is -0.224. The number of halogens is 1. The lowest BCUT2D eigenvalue weighted by molar-refractivity contribution is -0.170. The highest BCUT2D eigenvalue weighted by Gasteiger charge is 2.47. The predicted octanol–water partition coefficient (Wildman–Crippen LogP) is 2.04. The Morgan fingerprint density at radius 2 is 2.00 bits per heavy atom. The van der Waals surface area contributed by atoms with Crippen molar-refractivity contribution in [2.24, 2.45) is 0 Å². The Kier molecular flexibility index (Phi) is 5.19. The lowest BCUT2D eigenvalue weighted by Crippen LogP contribution is -2.58. The van der Waals surface area contributed by atoms with Gasteiger partial charge in [-0.15, -0.1) is 0 Å². The molecule has 2 aromatic rings. The number of fused-ring (bicyclic) bond motifs is 1. The van der Waals surface area contributed by atoms with Crippen molar-refractivity contribution in [1.82, 2.24) is 10.2 Å². The molecule has 2 heterocycles. The molecule has 1 fully saturated rings. The second-order valence-electron chi connectivity index (χ2n) is 7.58. The molecule has 5 nitrogen and oxygen atoms in total. The Morgan fingerprint density at radius 3 is 2.79 bits per heavy atom. The van der Waals surface area contributed by atoms with Gasteiger partial charge in [-0.05, 0) is 42.2 Å². The summed E-state index contributed by atoms with van der Waals surface area (Å²) in [5.74, 6) is -0.557. The van der Waals surface area contributed by atoms with Gasteiger partial charge in [0.25, 0.3) is 5.91 Å². The predicted molar refractivity (Wildman–Crippen MR) is 103 cm³/mol. The van der Waals surface area contributed by atoms with Gasteiger partial charge in [-0.1, -0.05) is 36.4 Å². The summed E-state index contributed by atoms with van der Waals surface area (Å²) in [4.78, 5) is 15.4. The number of ether oxygens (including phenoxy) is 1. The third-order valence-electron chi connectivity index (χ3n) is 5.81. The Balaban J connectivity index is 1.76. The van der Waals surface area contributed by atoms with Gasteiger partial charge in [0.1, 0.15) is 11.9 Å². The van der Waals surface area contributed by atoms with Crippen LogP contribution in [0.1, 0.15) is 29.7 Å². The van der Waals surface area contributed by atoms with E-state index in [2.05, 4.69) is 11.4 Å². The molecule has 148 valence electrons. The van der Waals surface area contributed by atoms with Crippen LogP contribution in [0.4, 0.5) is 4.39 Å². The summed E-state index contributed by atoms with van der Waals surface area (Å²) in [5.41, 5.74) is 1.72. The molecule has 0 saturated carbocycles. The number of benzene rings is 2. The molecular weight excluding hydrogens is 359 g/mol. The van der Waals surface area contributed by atoms with Crippen LogP contribution in [0.3, 0.4) is 0 Å². The first-order valence-electron chi connectivity index (χ1n) is 9.68. The van der Waals surface area contributed by atoms with Crippen molar-refractivity contribution >= 4 is 5.91 Å². The third kappa shape index (κ3) is 3.32. The average Bonchev–Trinajstić information content (AvgIpc) is 2.89. The normalized spacial score (nSPS) is 27.8. The zero-order chi connectivity index (χ0) is 19.7. The van der Waals surface area contributed by atoms with E-state index in [1.165, 1.54) is 17.7 Å². The molecule has 1 amide bonds. The minimum atomic E-state index is -1.33. The maximum atomic E-state index is 13.6. The highest BCUT2D eigenvalue weighted by molar-refractivity contribution is 5.87. The molecular formula is C22H25FN2O3. The van der Waals surface area contributed by atoms with E-state index in [1.54, 1.807) is 24.0 Å². The smallest absolute Gasteiger partial charge is 0.258 e. The number of hydrogen-bond donors (Lipinski definition) is 2. The third-order valence-corrected chi connectivity index (χ3v) is 5.81. The van der Waals surface area contributed by atoms with Crippen LogP contribution < -0.4 is 5.32 Å². The van der Waals surface area contributed by atoms with Crippen molar-refractivity contribution in [1.29, 1.82) is 0 Å². The number of aliphatic hydroxyl groups excluding tert-OH is 1. The first-order chi connectivity index (χ1) is 13.5. The summed E-state index contributed by atoms with van der Waals surface area (Å²) < 4.78 is 19.4. The second-order valence-corrected chi connectivity index (χ2v) is 7.58. The van der Waals surface area contributed by atoms with Crippen LogP contribution in [0.15, 0.2) is 48.5 Å². The van der Waals surface area contributed by atoms with Crippen LogP contribution in [-0.4, -0.2) is 53.9 Å². The number of rotatable bonds is 2. The van der Waals surface area contributed by atoms with Crippen molar-refractivity contribution in [3.8, 4) is 0 Å². The lowest BCUT2D eigenvalue weighted by Gasteiger charge is -2.43. The number of carbonyl (C=O) groups excluding carboxylic acids is 1. The van der Waals surface area contributed by atoms with Gasteiger partial charge in [0, 0.05) is 19.6 Å². The van der Waals surface area contributed by atoms with Gasteiger partial charge in [0.15, 0.2) is 5.60 Å². The Morgan fingerprint density at radius 1 is 1.25 bits per heavy atom. The van der Waals surface area contributed by atoms with Crippen molar-refractivity contribution in [2.75, 3.05) is 26.2 Å². The van der Waals surface area contributed by atoms with Crippen LogP contribution in [0.2, 0.25) is 0 Å². The van der Waals surface area contributed by atoms with Gasteiger partial charge >= 0.3 is 0 Å². The molecule has 0 aliphatic carbocycles. The summed E-state index contributed by atoms with van der Waals surface area (Å²) >= 11 is 0. The van der Waals surface area contributed by atoms with Gasteiger partial charge in [0.2, 0.25) is 0 Å². The molecule has 4 rings (SSSR count). The number of nitrogens with zero attached hydrogens (tertiary/aromatic N) is 1. The van der Waals surface area contributed by atoms with E-state index in [-0.39, 0.29) is 17.8 Å². The molecule has 2 aliphatic heterocycles. The summed E-state index contributed by atoms with van der Waals surface area (Å²) in [6.45, 7) is 3.41. The standard InChI is InChI=1S/C22H25FN2O3/c1-22(19(26)14-24-11-13-28-22)21(27)25-12-10-15-4-2-3-5-18(15)20(25)16-6-8-17(23)9-7-16/h2-9,19-20,24,26H,10-14H2,1H3/t19-,20+,22-/m1/s1. The first-order valence-corrected chi connectivity index (χ1v) is 9.68. The fourth-order valence-electron chi connectivity index (χ4n) is 4.14. The average molecular weight is 384 g/mol. The van der Waals surface area contributed by atoms with E-state index in [0.29, 0.717) is 26.2 Å².